The number of benzene rings is 2. The molecule has 0 saturated heterocycles. The van der Waals surface area contributed by atoms with Gasteiger partial charge in [-0.1, -0.05) is 31.2 Å². The van der Waals surface area contributed by atoms with Crippen molar-refractivity contribution in [1.82, 2.24) is 0 Å². The minimum Gasteiger partial charge on any atom is -0.477 e. The standard InChI is InChI=1S/C18H20N2O4/c1-4-14-7-5-6-13(3)18(14)19-17(21)11-24-16-9-8-12(2)10-15(16)20(22)23/h5-10H,4,11H2,1-3H3,(H,19,21). The molecule has 0 spiro atoms. The zero-order valence-corrected chi connectivity index (χ0v) is 14.0. The van der Waals surface area contributed by atoms with Crippen molar-refractivity contribution < 1.29 is 14.5 Å². The van der Waals surface area contributed by atoms with Gasteiger partial charge in [-0.2, -0.15) is 0 Å². The van der Waals surface area contributed by atoms with Crippen LogP contribution in [0.15, 0.2) is 36.4 Å². The SMILES string of the molecule is CCc1cccc(C)c1NC(=O)COc1ccc(C)cc1[N+](=O)[O-]. The van der Waals surface area contributed by atoms with Gasteiger partial charge < -0.3 is 10.1 Å². The minimum absolute atomic E-state index is 0.0845. The highest BCUT2D eigenvalue weighted by atomic mass is 16.6. The molecule has 0 aliphatic rings. The first-order valence-electron chi connectivity index (χ1n) is 7.68. The number of hydrogen-bond acceptors (Lipinski definition) is 4. The van der Waals surface area contributed by atoms with Gasteiger partial charge in [0, 0.05) is 11.8 Å². The van der Waals surface area contributed by atoms with E-state index in [1.807, 2.05) is 32.0 Å². The molecule has 0 aliphatic carbocycles. The fraction of sp³-hybridized carbons (Fsp3) is 0.278. The number of para-hydroxylation sites is 1. The number of carbonyl (C=O) groups excluding carboxylic acids is 1. The molecule has 6 heteroatoms. The summed E-state index contributed by atoms with van der Waals surface area (Å²) in [6, 6.07) is 10.4. The molecule has 0 fully saturated rings. The van der Waals surface area contributed by atoms with Gasteiger partial charge >= 0.3 is 5.69 Å². The Balaban J connectivity index is 2.09. The minimum atomic E-state index is -0.517. The van der Waals surface area contributed by atoms with Crippen LogP contribution < -0.4 is 10.1 Å². The molecule has 2 aromatic rings. The summed E-state index contributed by atoms with van der Waals surface area (Å²) in [5.74, 6) is -0.268. The molecular weight excluding hydrogens is 308 g/mol. The Labute approximate surface area is 140 Å². The molecule has 1 N–H and O–H groups in total. The van der Waals surface area contributed by atoms with E-state index in [1.54, 1.807) is 13.0 Å². The van der Waals surface area contributed by atoms with Crippen molar-refractivity contribution in [1.29, 1.82) is 0 Å². The summed E-state index contributed by atoms with van der Waals surface area (Å²) in [5, 5.41) is 13.9. The number of rotatable bonds is 6. The second-order valence-electron chi connectivity index (χ2n) is 5.53. The van der Waals surface area contributed by atoms with Crippen molar-refractivity contribution in [2.45, 2.75) is 27.2 Å². The van der Waals surface area contributed by atoms with Crippen molar-refractivity contribution in [3.05, 3.63) is 63.2 Å². The van der Waals surface area contributed by atoms with Crippen LogP contribution >= 0.6 is 0 Å². The second kappa shape index (κ2) is 7.59. The quantitative estimate of drug-likeness (QED) is 0.646. The Morgan fingerprint density at radius 3 is 2.67 bits per heavy atom. The van der Waals surface area contributed by atoms with E-state index in [2.05, 4.69) is 5.32 Å². The number of nitro groups is 1. The van der Waals surface area contributed by atoms with Crippen LogP contribution in [0.5, 0.6) is 5.75 Å². The van der Waals surface area contributed by atoms with Gasteiger partial charge in [0.25, 0.3) is 5.91 Å². The fourth-order valence-corrected chi connectivity index (χ4v) is 2.41. The number of hydrogen-bond donors (Lipinski definition) is 1. The van der Waals surface area contributed by atoms with Gasteiger partial charge in [-0.25, -0.2) is 0 Å². The summed E-state index contributed by atoms with van der Waals surface area (Å²) in [6.45, 7) is 5.40. The van der Waals surface area contributed by atoms with Gasteiger partial charge in [-0.15, -0.1) is 0 Å². The zero-order chi connectivity index (χ0) is 17.7. The molecule has 0 aliphatic heterocycles. The lowest BCUT2D eigenvalue weighted by Crippen LogP contribution is -2.21. The van der Waals surface area contributed by atoms with Crippen LogP contribution in [0.2, 0.25) is 0 Å². The van der Waals surface area contributed by atoms with Gasteiger partial charge in [-0.3, -0.25) is 14.9 Å². The van der Waals surface area contributed by atoms with E-state index < -0.39 is 4.92 Å². The third kappa shape index (κ3) is 4.10. The highest BCUT2D eigenvalue weighted by Crippen LogP contribution is 2.28. The van der Waals surface area contributed by atoms with E-state index in [0.717, 1.165) is 28.8 Å². The summed E-state index contributed by atoms with van der Waals surface area (Å²) in [4.78, 5) is 22.7. The van der Waals surface area contributed by atoms with Gasteiger partial charge in [0.15, 0.2) is 12.4 Å². The van der Waals surface area contributed by atoms with E-state index in [1.165, 1.54) is 12.1 Å². The summed E-state index contributed by atoms with van der Waals surface area (Å²) in [7, 11) is 0. The van der Waals surface area contributed by atoms with E-state index in [-0.39, 0.29) is 24.0 Å². The number of nitrogens with one attached hydrogen (secondary N) is 1. The van der Waals surface area contributed by atoms with E-state index >= 15 is 0 Å². The van der Waals surface area contributed by atoms with Crippen LogP contribution in [0.3, 0.4) is 0 Å². The van der Waals surface area contributed by atoms with Crippen molar-refractivity contribution in [3.63, 3.8) is 0 Å². The molecule has 1 amide bonds. The second-order valence-corrected chi connectivity index (χ2v) is 5.53. The molecule has 2 aromatic carbocycles. The molecule has 0 bridgehead atoms. The molecule has 2 rings (SSSR count). The van der Waals surface area contributed by atoms with Crippen molar-refractivity contribution >= 4 is 17.3 Å². The molecular formula is C18H20N2O4. The van der Waals surface area contributed by atoms with Crippen LogP contribution in [-0.4, -0.2) is 17.4 Å². The lowest BCUT2D eigenvalue weighted by molar-refractivity contribution is -0.385. The Hall–Kier alpha value is -2.89. The largest absolute Gasteiger partial charge is 0.477 e. The fourth-order valence-electron chi connectivity index (χ4n) is 2.41. The molecule has 6 nitrogen and oxygen atoms in total. The number of nitrogens with zero attached hydrogens (tertiary/aromatic N) is 1. The average molecular weight is 328 g/mol. The summed E-state index contributed by atoms with van der Waals surface area (Å²) in [5.41, 5.74) is 3.37. The third-order valence-corrected chi connectivity index (χ3v) is 3.67. The van der Waals surface area contributed by atoms with Gasteiger partial charge in [0.2, 0.25) is 0 Å². The van der Waals surface area contributed by atoms with E-state index in [0.29, 0.717) is 0 Å². The number of anilines is 1. The highest BCUT2D eigenvalue weighted by molar-refractivity contribution is 5.93. The number of amides is 1. The molecule has 126 valence electrons. The van der Waals surface area contributed by atoms with Gasteiger partial charge in [0.05, 0.1) is 4.92 Å². The first kappa shape index (κ1) is 17.5. The molecule has 0 radical (unpaired) electrons. The predicted octanol–water partition coefficient (Wildman–Crippen LogP) is 3.79. The van der Waals surface area contributed by atoms with Crippen LogP contribution in [0, 0.1) is 24.0 Å². The Morgan fingerprint density at radius 1 is 1.25 bits per heavy atom. The Bertz CT molecular complexity index is 772. The Kier molecular flexibility index (Phi) is 5.52. The van der Waals surface area contributed by atoms with Crippen LogP contribution in [0.1, 0.15) is 23.6 Å². The topological polar surface area (TPSA) is 81.5 Å². The van der Waals surface area contributed by atoms with Crippen LogP contribution in [0.4, 0.5) is 11.4 Å². The highest BCUT2D eigenvalue weighted by Gasteiger charge is 2.17. The molecule has 0 atom stereocenters. The lowest BCUT2D eigenvalue weighted by atomic mass is 10.1. The van der Waals surface area contributed by atoms with E-state index in [9.17, 15) is 14.9 Å². The number of nitro benzene ring substituents is 1. The zero-order valence-electron chi connectivity index (χ0n) is 14.0. The van der Waals surface area contributed by atoms with Crippen molar-refractivity contribution in [2.24, 2.45) is 0 Å². The van der Waals surface area contributed by atoms with Crippen molar-refractivity contribution in [3.8, 4) is 5.75 Å². The van der Waals surface area contributed by atoms with Crippen LogP contribution in [-0.2, 0) is 11.2 Å². The summed E-state index contributed by atoms with van der Waals surface area (Å²) >= 11 is 0. The summed E-state index contributed by atoms with van der Waals surface area (Å²) in [6.07, 6.45) is 0.793. The molecule has 0 saturated carbocycles. The number of carbonyl (C=O) groups is 1. The maximum Gasteiger partial charge on any atom is 0.311 e. The normalized spacial score (nSPS) is 10.3. The summed E-state index contributed by atoms with van der Waals surface area (Å²) < 4.78 is 5.35. The first-order chi connectivity index (χ1) is 11.4. The van der Waals surface area contributed by atoms with E-state index in [4.69, 9.17) is 4.74 Å². The maximum atomic E-state index is 12.1. The monoisotopic (exact) mass is 328 g/mol. The number of ether oxygens (including phenoxy) is 1. The molecule has 0 heterocycles. The average Bonchev–Trinajstić information content (AvgIpc) is 2.55. The van der Waals surface area contributed by atoms with Gasteiger partial charge in [0.1, 0.15) is 0 Å². The predicted molar refractivity (Wildman–Crippen MR) is 92.5 cm³/mol. The van der Waals surface area contributed by atoms with Crippen molar-refractivity contribution in [2.75, 3.05) is 11.9 Å². The Morgan fingerprint density at radius 2 is 2.00 bits per heavy atom. The third-order valence-electron chi connectivity index (χ3n) is 3.67. The maximum absolute atomic E-state index is 12.1. The molecule has 24 heavy (non-hydrogen) atoms. The smallest absolute Gasteiger partial charge is 0.311 e. The number of aryl methyl sites for hydroxylation is 3. The molecule has 0 aromatic heterocycles. The molecule has 0 unspecified atom stereocenters. The van der Waals surface area contributed by atoms with Gasteiger partial charge in [-0.05, 0) is 43.0 Å². The van der Waals surface area contributed by atoms with Crippen LogP contribution in [0.25, 0.3) is 0 Å². The first-order valence-corrected chi connectivity index (χ1v) is 7.68. The lowest BCUT2D eigenvalue weighted by Gasteiger charge is -2.13.